The van der Waals surface area contributed by atoms with Crippen molar-refractivity contribution in [3.63, 3.8) is 0 Å². The van der Waals surface area contributed by atoms with Crippen LogP contribution in [0.1, 0.15) is 12.0 Å². The molecule has 0 radical (unpaired) electrons. The molecule has 0 spiro atoms. The topological polar surface area (TPSA) is 30.5 Å². The Labute approximate surface area is 97.8 Å². The van der Waals surface area contributed by atoms with Crippen LogP contribution >= 0.6 is 0 Å². The third-order valence-corrected chi connectivity index (χ3v) is 2.50. The zero-order chi connectivity index (χ0) is 11.6. The van der Waals surface area contributed by atoms with Gasteiger partial charge in [0.15, 0.2) is 0 Å². The van der Waals surface area contributed by atoms with Gasteiger partial charge in [-0.1, -0.05) is 30.3 Å². The van der Waals surface area contributed by atoms with E-state index in [1.54, 1.807) is 7.11 Å². The van der Waals surface area contributed by atoms with Crippen molar-refractivity contribution in [3.05, 3.63) is 35.9 Å². The monoisotopic (exact) mass is 223 g/mol. The Kier molecular flexibility index (Phi) is 6.81. The summed E-state index contributed by atoms with van der Waals surface area (Å²) in [4.78, 5) is 0. The largest absolute Gasteiger partial charge is 0.383 e. The van der Waals surface area contributed by atoms with Crippen molar-refractivity contribution in [2.75, 3.05) is 27.4 Å². The summed E-state index contributed by atoms with van der Waals surface area (Å²) in [6.45, 7) is 2.17. The summed E-state index contributed by atoms with van der Waals surface area (Å²) < 4.78 is 10.7. The molecule has 0 bridgehead atoms. The molecule has 1 aromatic rings. The standard InChI is InChI=1S/C13H21NO2/c1-14-13(11-15-2)8-9-16-10-12-6-4-3-5-7-12/h3-7,13-14H,8-11H2,1-2H3. The molecule has 0 saturated carbocycles. The van der Waals surface area contributed by atoms with Gasteiger partial charge in [0.1, 0.15) is 0 Å². The Morgan fingerprint density at radius 1 is 1.25 bits per heavy atom. The smallest absolute Gasteiger partial charge is 0.0716 e. The molecule has 0 aliphatic heterocycles. The van der Waals surface area contributed by atoms with Gasteiger partial charge in [-0.3, -0.25) is 0 Å². The highest BCUT2D eigenvalue weighted by atomic mass is 16.5. The van der Waals surface area contributed by atoms with Crippen LogP contribution in [0.15, 0.2) is 30.3 Å². The molecule has 1 N–H and O–H groups in total. The van der Waals surface area contributed by atoms with Crippen LogP contribution in [0.25, 0.3) is 0 Å². The minimum absolute atomic E-state index is 0.376. The van der Waals surface area contributed by atoms with E-state index in [2.05, 4.69) is 17.4 Å². The van der Waals surface area contributed by atoms with Crippen molar-refractivity contribution in [2.24, 2.45) is 0 Å². The molecule has 3 heteroatoms. The summed E-state index contributed by atoms with van der Waals surface area (Å²) in [6, 6.07) is 10.6. The second-order valence-electron chi connectivity index (χ2n) is 3.77. The van der Waals surface area contributed by atoms with Gasteiger partial charge in [-0.25, -0.2) is 0 Å². The number of hydrogen-bond donors (Lipinski definition) is 1. The lowest BCUT2D eigenvalue weighted by Gasteiger charge is -2.14. The summed E-state index contributed by atoms with van der Waals surface area (Å²) in [7, 11) is 3.66. The molecule has 1 rings (SSSR count). The predicted octanol–water partition coefficient (Wildman–Crippen LogP) is 1.83. The van der Waals surface area contributed by atoms with E-state index in [4.69, 9.17) is 9.47 Å². The molecule has 0 saturated heterocycles. The molecule has 0 aliphatic carbocycles. The average molecular weight is 223 g/mol. The molecule has 1 atom stereocenters. The number of likely N-dealkylation sites (N-methyl/N-ethyl adjacent to an activating group) is 1. The molecule has 3 nitrogen and oxygen atoms in total. The van der Waals surface area contributed by atoms with Gasteiger partial charge in [-0.2, -0.15) is 0 Å². The van der Waals surface area contributed by atoms with Gasteiger partial charge in [0.05, 0.1) is 13.2 Å². The summed E-state index contributed by atoms with van der Waals surface area (Å²) >= 11 is 0. The first-order chi connectivity index (χ1) is 7.86. The van der Waals surface area contributed by atoms with Crippen LogP contribution in [0.4, 0.5) is 0 Å². The van der Waals surface area contributed by atoms with Crippen LogP contribution in [0.5, 0.6) is 0 Å². The van der Waals surface area contributed by atoms with Crippen molar-refractivity contribution in [2.45, 2.75) is 19.1 Å². The molecular weight excluding hydrogens is 202 g/mol. The molecule has 0 amide bonds. The van der Waals surface area contributed by atoms with Crippen molar-refractivity contribution < 1.29 is 9.47 Å². The predicted molar refractivity (Wildman–Crippen MR) is 65.4 cm³/mol. The summed E-state index contributed by atoms with van der Waals surface area (Å²) in [5, 5.41) is 3.20. The van der Waals surface area contributed by atoms with Crippen molar-refractivity contribution in [1.29, 1.82) is 0 Å². The van der Waals surface area contributed by atoms with Gasteiger partial charge in [0.2, 0.25) is 0 Å². The van der Waals surface area contributed by atoms with E-state index < -0.39 is 0 Å². The van der Waals surface area contributed by atoms with E-state index in [1.807, 2.05) is 25.2 Å². The Morgan fingerprint density at radius 2 is 2.00 bits per heavy atom. The fourth-order valence-electron chi connectivity index (χ4n) is 1.50. The van der Waals surface area contributed by atoms with E-state index >= 15 is 0 Å². The van der Waals surface area contributed by atoms with Crippen LogP contribution in [-0.4, -0.2) is 33.4 Å². The average Bonchev–Trinajstić information content (AvgIpc) is 2.34. The first-order valence-electron chi connectivity index (χ1n) is 5.64. The van der Waals surface area contributed by atoms with Crippen molar-refractivity contribution in [3.8, 4) is 0 Å². The minimum Gasteiger partial charge on any atom is -0.383 e. The summed E-state index contributed by atoms with van der Waals surface area (Å²) in [5.74, 6) is 0. The second kappa shape index (κ2) is 8.28. The third-order valence-electron chi connectivity index (χ3n) is 2.50. The molecular formula is C13H21NO2. The van der Waals surface area contributed by atoms with E-state index in [0.717, 1.165) is 19.6 Å². The van der Waals surface area contributed by atoms with Gasteiger partial charge >= 0.3 is 0 Å². The Bertz CT molecular complexity index is 264. The Morgan fingerprint density at radius 3 is 2.62 bits per heavy atom. The number of benzene rings is 1. The SMILES string of the molecule is CNC(CCOCc1ccccc1)COC. The third kappa shape index (κ3) is 5.26. The molecule has 0 heterocycles. The maximum atomic E-state index is 5.60. The van der Waals surface area contributed by atoms with Gasteiger partial charge < -0.3 is 14.8 Å². The Hall–Kier alpha value is -0.900. The number of nitrogens with one attached hydrogen (secondary N) is 1. The lowest BCUT2D eigenvalue weighted by atomic mass is 10.2. The highest BCUT2D eigenvalue weighted by molar-refractivity contribution is 5.13. The lowest BCUT2D eigenvalue weighted by Crippen LogP contribution is -2.31. The molecule has 90 valence electrons. The molecule has 0 fully saturated rings. The molecule has 16 heavy (non-hydrogen) atoms. The number of ether oxygens (including phenoxy) is 2. The maximum Gasteiger partial charge on any atom is 0.0716 e. The van der Waals surface area contributed by atoms with Crippen LogP contribution in [0.2, 0.25) is 0 Å². The van der Waals surface area contributed by atoms with Gasteiger partial charge in [0, 0.05) is 19.8 Å². The van der Waals surface area contributed by atoms with Crippen LogP contribution < -0.4 is 5.32 Å². The number of methoxy groups -OCH3 is 1. The van der Waals surface area contributed by atoms with Crippen LogP contribution in [0, 0.1) is 0 Å². The molecule has 1 unspecified atom stereocenters. The van der Waals surface area contributed by atoms with Crippen LogP contribution in [-0.2, 0) is 16.1 Å². The minimum atomic E-state index is 0.376. The molecule has 1 aromatic carbocycles. The highest BCUT2D eigenvalue weighted by Gasteiger charge is 2.04. The van der Waals surface area contributed by atoms with E-state index in [-0.39, 0.29) is 0 Å². The number of rotatable bonds is 8. The number of hydrogen-bond acceptors (Lipinski definition) is 3. The van der Waals surface area contributed by atoms with E-state index in [9.17, 15) is 0 Å². The fraction of sp³-hybridized carbons (Fsp3) is 0.538. The second-order valence-corrected chi connectivity index (χ2v) is 3.77. The van der Waals surface area contributed by atoms with Crippen molar-refractivity contribution in [1.82, 2.24) is 5.32 Å². The van der Waals surface area contributed by atoms with Crippen LogP contribution in [0.3, 0.4) is 0 Å². The molecule has 0 aromatic heterocycles. The van der Waals surface area contributed by atoms with Gasteiger partial charge in [0.25, 0.3) is 0 Å². The lowest BCUT2D eigenvalue weighted by molar-refractivity contribution is 0.0953. The fourth-order valence-corrected chi connectivity index (χ4v) is 1.50. The van der Waals surface area contributed by atoms with Gasteiger partial charge in [-0.15, -0.1) is 0 Å². The van der Waals surface area contributed by atoms with E-state index in [0.29, 0.717) is 12.6 Å². The maximum absolute atomic E-state index is 5.60. The summed E-state index contributed by atoms with van der Waals surface area (Å²) in [6.07, 6.45) is 0.969. The van der Waals surface area contributed by atoms with Gasteiger partial charge in [-0.05, 0) is 19.0 Å². The normalized spacial score (nSPS) is 12.6. The first-order valence-corrected chi connectivity index (χ1v) is 5.64. The zero-order valence-electron chi connectivity index (χ0n) is 10.1. The van der Waals surface area contributed by atoms with E-state index in [1.165, 1.54) is 5.56 Å². The Balaban J connectivity index is 2.11. The quantitative estimate of drug-likeness (QED) is 0.682. The molecule has 0 aliphatic rings. The van der Waals surface area contributed by atoms with Crippen molar-refractivity contribution >= 4 is 0 Å². The highest BCUT2D eigenvalue weighted by Crippen LogP contribution is 2.01. The first kappa shape index (κ1) is 13.2. The zero-order valence-corrected chi connectivity index (χ0v) is 10.1. The summed E-state index contributed by atoms with van der Waals surface area (Å²) in [5.41, 5.74) is 1.22.